The van der Waals surface area contributed by atoms with E-state index < -0.39 is 185 Å². The summed E-state index contributed by atoms with van der Waals surface area (Å²) < 4.78 is 237. The molecule has 7 heteroatoms. The molecule has 0 saturated heterocycles. The summed E-state index contributed by atoms with van der Waals surface area (Å²) >= 11 is 0. The predicted molar refractivity (Wildman–Crippen MR) is 357 cm³/mol. The van der Waals surface area contributed by atoms with Crippen molar-refractivity contribution in [2.24, 2.45) is 0 Å². The molecule has 0 fully saturated rings. The molecule has 11 aromatic carbocycles. The number of pyridine rings is 1. The van der Waals surface area contributed by atoms with Crippen LogP contribution in [0.3, 0.4) is 0 Å². The number of hydrogen-bond donors (Lipinski definition) is 0. The summed E-state index contributed by atoms with van der Waals surface area (Å²) in [5.41, 5.74) is 3.93. The second-order valence-corrected chi connectivity index (χ2v) is 26.1. The fourth-order valence-corrected chi connectivity index (χ4v) is 14.6. The summed E-state index contributed by atoms with van der Waals surface area (Å²) in [4.78, 5) is 4.83. The van der Waals surface area contributed by atoms with Crippen molar-refractivity contribution in [1.82, 2.24) is 14.1 Å². The van der Waals surface area contributed by atoms with Crippen LogP contribution in [0.4, 0.5) is 0 Å². The molecule has 0 radical (unpaired) electrons. The molecule has 0 aliphatic rings. The Balaban J connectivity index is 0.0000108. The summed E-state index contributed by atoms with van der Waals surface area (Å²) in [5.74, 6) is 1.04. The van der Waals surface area contributed by atoms with Crippen LogP contribution in [-0.4, -0.2) is 22.2 Å². The first-order valence-electron chi connectivity index (χ1n) is 39.6. The van der Waals surface area contributed by atoms with Crippen LogP contribution in [0.5, 0.6) is 11.5 Å². The van der Waals surface area contributed by atoms with E-state index in [0.717, 1.165) is 27.4 Å². The minimum atomic E-state index is -6.28. The summed E-state index contributed by atoms with van der Waals surface area (Å²) in [6.45, 7) is 12.5. The average molecular weight is 1340 g/mol. The smallest absolute Gasteiger partial charge is 0.268 e. The Labute approximate surface area is 559 Å². The molecule has 0 bridgehead atoms. The Bertz CT molecular complexity index is 6040. The quantitative estimate of drug-likeness (QED) is 0.0529. The standard InChI is InChI=1S/C80H64N4OSi.Pt/c1-79(2,3)60-29-21-28-59(49-60)70-41-24-40-69(56-25-11-7-12-26-56)78(70)83-55-82(62-30-23-31-63(53-62)85-64-44-45-72-71-39-19-20-42-73(71)84(75(72)54-64)77-52-61(47-48-81-77)80(4,5)6)76-51-58(43-46-74(76)83)57-27-22-38-68(50-57)86(65-32-13-8-14-33-65,66-34-15-9-16-35-66)67-36-17-10-18-37-67;/h7-52H,1-6H3;/q-2;/i7D,8D,9D,10D,11D,12D,13D,14D,15D,16D,17D,18D,22D,25D,26D,27D,32D,33D,34D,35D,36D,37D,38D,50D;. The first-order chi connectivity index (χ1) is 51.9. The molecule has 87 heavy (non-hydrogen) atoms. The number of hydrogen-bond acceptors (Lipinski definition) is 2. The van der Waals surface area contributed by atoms with Crippen molar-refractivity contribution in [1.29, 1.82) is 0 Å². The SMILES string of the molecule is [2H]c1c([2H])c([2H])c(-c2cccc(-c3cccc(C(C)(C)C)c3)c2-[n+]2[c-]n(-c3[c-]c(Oc4[c-]c5c(cc4)c4ccccc4n5-c4cc(C(C)(C)C)ccn4)ccc3)c3cc(-c4c([2H])c([2H])c([2H])c([Si](c5c([2H])c([2H])c([2H])c([2H])c5[2H])(c5c([2H])c([2H])c([2H])c([2H])c5[2H])c5c([2H])c([2H])c([2H])c([2H])c5[2H])c4[2H])ccc32)c([2H])c1[2H].[Pt]. The van der Waals surface area contributed by atoms with Crippen molar-refractivity contribution >= 4 is 61.7 Å². The van der Waals surface area contributed by atoms with E-state index in [0.29, 0.717) is 22.5 Å². The topological polar surface area (TPSA) is 35.9 Å². The number of ether oxygens (including phenoxy) is 1. The number of aromatic nitrogens is 4. The Hall–Kier alpha value is -9.45. The first kappa shape index (κ1) is 35.2. The largest absolute Gasteiger partial charge is 0.510 e. The van der Waals surface area contributed by atoms with Crippen molar-refractivity contribution in [2.45, 2.75) is 52.4 Å². The van der Waals surface area contributed by atoms with Gasteiger partial charge in [0.2, 0.25) is 0 Å². The van der Waals surface area contributed by atoms with Crippen LogP contribution < -0.4 is 30.1 Å². The normalized spacial score (nSPS) is 15.8. The maximum atomic E-state index is 10.7. The van der Waals surface area contributed by atoms with E-state index in [-0.39, 0.29) is 77.1 Å². The van der Waals surface area contributed by atoms with E-state index >= 15 is 0 Å². The van der Waals surface area contributed by atoms with Gasteiger partial charge in [-0.25, -0.2) is 4.98 Å². The summed E-state index contributed by atoms with van der Waals surface area (Å²) in [6, 6.07) is 21.0. The van der Waals surface area contributed by atoms with Gasteiger partial charge in [-0.3, -0.25) is 4.57 Å². The number of rotatable bonds is 12. The molecule has 0 saturated carbocycles. The van der Waals surface area contributed by atoms with Crippen molar-refractivity contribution in [2.75, 3.05) is 0 Å². The molecular formula is C80H64N4OPtSi-2. The fourth-order valence-electron chi connectivity index (χ4n) is 11.0. The van der Waals surface area contributed by atoms with Crippen LogP contribution in [0.2, 0.25) is 0 Å². The zero-order valence-electron chi connectivity index (χ0n) is 71.7. The van der Waals surface area contributed by atoms with Crippen molar-refractivity contribution in [3.63, 3.8) is 0 Å². The molecule has 5 nitrogen and oxygen atoms in total. The number of para-hydroxylation sites is 2. The molecule has 3 aromatic heterocycles. The van der Waals surface area contributed by atoms with Gasteiger partial charge < -0.3 is 13.9 Å². The minimum absolute atomic E-state index is 0. The van der Waals surface area contributed by atoms with Crippen LogP contribution >= 0.6 is 0 Å². The zero-order valence-corrected chi connectivity index (χ0v) is 51.0. The van der Waals surface area contributed by atoms with E-state index in [1.807, 2.05) is 92.1 Å². The summed E-state index contributed by atoms with van der Waals surface area (Å²) in [6.07, 6.45) is 5.26. The van der Waals surface area contributed by atoms with E-state index in [2.05, 4.69) is 39.2 Å². The molecule has 0 atom stereocenters. The van der Waals surface area contributed by atoms with Crippen LogP contribution in [0.15, 0.2) is 279 Å². The van der Waals surface area contributed by atoms with Gasteiger partial charge in [0.25, 0.3) is 6.33 Å². The van der Waals surface area contributed by atoms with Crippen LogP contribution in [0.1, 0.15) is 85.6 Å². The number of nitrogens with zero attached hydrogens (tertiary/aromatic N) is 4. The summed E-state index contributed by atoms with van der Waals surface area (Å²) in [7, 11) is -6.28. The molecule has 0 aliphatic carbocycles. The second kappa shape index (κ2) is 23.1. The maximum absolute atomic E-state index is 10.7. The second-order valence-electron chi connectivity index (χ2n) is 22.6. The van der Waals surface area contributed by atoms with E-state index in [1.165, 1.54) is 22.8 Å². The first-order valence-corrected chi connectivity index (χ1v) is 29.6. The van der Waals surface area contributed by atoms with Gasteiger partial charge in [-0.1, -0.05) is 265 Å². The average Bonchev–Trinajstić information content (AvgIpc) is 1.22. The van der Waals surface area contributed by atoms with Crippen molar-refractivity contribution < 1.29 is 63.3 Å². The molecule has 0 aliphatic heterocycles. The van der Waals surface area contributed by atoms with Gasteiger partial charge in [-0.2, -0.15) is 18.2 Å². The molecule has 0 N–H and O–H groups in total. The third-order valence-corrected chi connectivity index (χ3v) is 19.3. The van der Waals surface area contributed by atoms with Gasteiger partial charge in [-0.15, -0.1) is 29.7 Å². The van der Waals surface area contributed by atoms with Gasteiger partial charge in [-0.05, 0) is 111 Å². The molecule has 426 valence electrons. The van der Waals surface area contributed by atoms with Crippen LogP contribution in [0, 0.1) is 18.5 Å². The third kappa shape index (κ3) is 10.5. The number of fused-ring (bicyclic) bond motifs is 4. The molecule has 0 spiro atoms. The fraction of sp³-hybridized carbons (Fsp3) is 0.100. The predicted octanol–water partition coefficient (Wildman–Crippen LogP) is 16.6. The van der Waals surface area contributed by atoms with Crippen LogP contribution in [-0.2, 0) is 31.9 Å². The molecule has 0 amide bonds. The van der Waals surface area contributed by atoms with Crippen molar-refractivity contribution in [3.8, 4) is 62.1 Å². The molecule has 0 unspecified atom stereocenters. The number of benzene rings is 11. The summed E-state index contributed by atoms with van der Waals surface area (Å²) in [5, 5.41) is -2.19. The maximum Gasteiger partial charge on any atom is 0.268 e. The van der Waals surface area contributed by atoms with Crippen molar-refractivity contribution in [3.05, 3.63) is 308 Å². The van der Waals surface area contributed by atoms with Gasteiger partial charge >= 0.3 is 0 Å². The Kier molecular flexibility index (Phi) is 9.35. The minimum Gasteiger partial charge on any atom is -0.510 e. The van der Waals surface area contributed by atoms with Gasteiger partial charge in [0.1, 0.15) is 5.82 Å². The molecule has 14 rings (SSSR count). The zero-order chi connectivity index (χ0) is 79.5. The van der Waals surface area contributed by atoms with E-state index in [4.69, 9.17) is 26.2 Å². The Morgan fingerprint density at radius 3 is 1.77 bits per heavy atom. The van der Waals surface area contributed by atoms with Gasteiger partial charge in [0.05, 0.1) is 49.6 Å². The molecule has 14 aromatic rings. The third-order valence-electron chi connectivity index (χ3n) is 15.3. The van der Waals surface area contributed by atoms with E-state index in [1.54, 1.807) is 53.2 Å². The van der Waals surface area contributed by atoms with Crippen LogP contribution in [0.25, 0.3) is 83.4 Å². The monoisotopic (exact) mass is 1340 g/mol. The molecule has 3 heterocycles. The van der Waals surface area contributed by atoms with Gasteiger partial charge in [0.15, 0.2) is 8.07 Å². The molecular weight excluding hydrogens is 1260 g/mol. The van der Waals surface area contributed by atoms with E-state index in [9.17, 15) is 16.4 Å². The number of imidazole rings is 1. The Morgan fingerprint density at radius 1 is 0.483 bits per heavy atom. The van der Waals surface area contributed by atoms with Gasteiger partial charge in [0, 0.05) is 44.3 Å². The Morgan fingerprint density at radius 2 is 1.08 bits per heavy atom.